The number of carboxylic acids is 1. The van der Waals surface area contributed by atoms with Crippen molar-refractivity contribution in [2.24, 2.45) is 0 Å². The van der Waals surface area contributed by atoms with Crippen molar-refractivity contribution < 1.29 is 14.3 Å². The molecule has 0 fully saturated rings. The topological polar surface area (TPSA) is 61.1 Å². The lowest BCUT2D eigenvalue weighted by atomic mass is 10.0. The maximum Gasteiger partial charge on any atom is 0.337 e. The number of nitriles is 1. The summed E-state index contributed by atoms with van der Waals surface area (Å²) in [6.45, 7) is 1.49. The van der Waals surface area contributed by atoms with E-state index >= 15 is 0 Å². The molecule has 3 nitrogen and oxygen atoms in total. The number of hydrogen-bond acceptors (Lipinski definition) is 2. The van der Waals surface area contributed by atoms with Gasteiger partial charge in [0.25, 0.3) is 0 Å². The fourth-order valence-electron chi connectivity index (χ4n) is 1.06. The molecule has 0 aliphatic heterocycles. The lowest BCUT2D eigenvalue weighted by Crippen LogP contribution is -2.02. The molecular formula is C9H6FNO2. The predicted molar refractivity (Wildman–Crippen MR) is 42.8 cm³/mol. The minimum Gasteiger partial charge on any atom is -0.478 e. The van der Waals surface area contributed by atoms with Crippen molar-refractivity contribution >= 4 is 5.97 Å². The quantitative estimate of drug-likeness (QED) is 0.713. The standard InChI is InChI=1S/C9H6FNO2/c1-5-2-6(10)3-7(9(12)13)8(5)4-11/h2-3H,1H3,(H,12,13). The van der Waals surface area contributed by atoms with Gasteiger partial charge < -0.3 is 5.11 Å². The molecule has 13 heavy (non-hydrogen) atoms. The Morgan fingerprint density at radius 2 is 2.23 bits per heavy atom. The molecule has 0 atom stereocenters. The van der Waals surface area contributed by atoms with E-state index in [2.05, 4.69) is 0 Å². The lowest BCUT2D eigenvalue weighted by molar-refractivity contribution is 0.0696. The number of halogens is 1. The number of aromatic carboxylic acids is 1. The van der Waals surface area contributed by atoms with Gasteiger partial charge >= 0.3 is 5.97 Å². The van der Waals surface area contributed by atoms with Gasteiger partial charge in [-0.2, -0.15) is 5.26 Å². The summed E-state index contributed by atoms with van der Waals surface area (Å²) >= 11 is 0. The Bertz CT molecular complexity index is 407. The highest BCUT2D eigenvalue weighted by atomic mass is 19.1. The van der Waals surface area contributed by atoms with Crippen LogP contribution >= 0.6 is 0 Å². The van der Waals surface area contributed by atoms with E-state index in [1.807, 2.05) is 0 Å². The third-order valence-electron chi connectivity index (χ3n) is 1.64. The SMILES string of the molecule is Cc1cc(F)cc(C(=O)O)c1C#N. The first-order valence-electron chi connectivity index (χ1n) is 3.50. The summed E-state index contributed by atoms with van der Waals surface area (Å²) in [5.74, 6) is -1.94. The second kappa shape index (κ2) is 3.23. The Balaban J connectivity index is 3.50. The molecule has 4 heteroatoms. The molecule has 0 amide bonds. The zero-order chi connectivity index (χ0) is 10.0. The van der Waals surface area contributed by atoms with Crippen molar-refractivity contribution in [3.8, 4) is 6.07 Å². The number of hydrogen-bond donors (Lipinski definition) is 1. The van der Waals surface area contributed by atoms with Crippen LogP contribution < -0.4 is 0 Å². The van der Waals surface area contributed by atoms with Gasteiger partial charge in [-0.15, -0.1) is 0 Å². The van der Waals surface area contributed by atoms with Gasteiger partial charge in [-0.1, -0.05) is 0 Å². The van der Waals surface area contributed by atoms with Crippen LogP contribution in [0.5, 0.6) is 0 Å². The summed E-state index contributed by atoms with van der Waals surface area (Å²) in [5, 5.41) is 17.2. The van der Waals surface area contributed by atoms with Crippen molar-refractivity contribution in [1.29, 1.82) is 5.26 Å². The fraction of sp³-hybridized carbons (Fsp3) is 0.111. The molecule has 0 aliphatic carbocycles. The van der Waals surface area contributed by atoms with Crippen molar-refractivity contribution in [1.82, 2.24) is 0 Å². The fourth-order valence-corrected chi connectivity index (χ4v) is 1.06. The molecule has 0 spiro atoms. The Labute approximate surface area is 74.0 Å². The summed E-state index contributed by atoms with van der Waals surface area (Å²) in [6.07, 6.45) is 0. The first kappa shape index (κ1) is 9.20. The van der Waals surface area contributed by atoms with E-state index in [9.17, 15) is 9.18 Å². The molecule has 0 saturated heterocycles. The smallest absolute Gasteiger partial charge is 0.337 e. The molecule has 0 heterocycles. The average molecular weight is 179 g/mol. The van der Waals surface area contributed by atoms with E-state index in [1.165, 1.54) is 6.92 Å². The van der Waals surface area contributed by atoms with Crippen molar-refractivity contribution in [2.45, 2.75) is 6.92 Å². The zero-order valence-corrected chi connectivity index (χ0v) is 6.84. The van der Waals surface area contributed by atoms with Gasteiger partial charge in [-0.25, -0.2) is 9.18 Å². The number of nitrogens with zero attached hydrogens (tertiary/aromatic N) is 1. The number of aryl methyl sites for hydroxylation is 1. The maximum absolute atomic E-state index is 12.7. The number of carboxylic acid groups (broad SMARTS) is 1. The molecule has 1 rings (SSSR count). The zero-order valence-electron chi connectivity index (χ0n) is 6.84. The summed E-state index contributed by atoms with van der Waals surface area (Å²) in [4.78, 5) is 10.6. The first-order valence-corrected chi connectivity index (χ1v) is 3.50. The van der Waals surface area contributed by atoms with Crippen LogP contribution in [0.3, 0.4) is 0 Å². The van der Waals surface area contributed by atoms with Gasteiger partial charge in [0.2, 0.25) is 0 Å². The molecule has 0 aromatic heterocycles. The second-order valence-corrected chi connectivity index (χ2v) is 2.56. The minimum atomic E-state index is -1.29. The van der Waals surface area contributed by atoms with Crippen LogP contribution in [0.15, 0.2) is 12.1 Å². The third kappa shape index (κ3) is 1.64. The number of rotatable bonds is 1. The van der Waals surface area contributed by atoms with E-state index in [0.29, 0.717) is 5.56 Å². The van der Waals surface area contributed by atoms with Crippen LogP contribution in [0.1, 0.15) is 21.5 Å². The summed E-state index contributed by atoms with van der Waals surface area (Å²) in [6, 6.07) is 3.70. The summed E-state index contributed by atoms with van der Waals surface area (Å²) in [7, 11) is 0. The second-order valence-electron chi connectivity index (χ2n) is 2.56. The highest BCUT2D eigenvalue weighted by molar-refractivity contribution is 5.91. The molecule has 0 aliphatic rings. The number of benzene rings is 1. The van der Waals surface area contributed by atoms with Crippen LogP contribution in [-0.2, 0) is 0 Å². The third-order valence-corrected chi connectivity index (χ3v) is 1.64. The van der Waals surface area contributed by atoms with Gasteiger partial charge in [-0.3, -0.25) is 0 Å². The normalized spacial score (nSPS) is 9.31. The van der Waals surface area contributed by atoms with E-state index in [1.54, 1.807) is 6.07 Å². The summed E-state index contributed by atoms with van der Waals surface area (Å²) in [5.41, 5.74) is 0.0498. The molecule has 0 bridgehead atoms. The Morgan fingerprint density at radius 1 is 1.62 bits per heavy atom. The van der Waals surface area contributed by atoms with Crippen LogP contribution in [0.25, 0.3) is 0 Å². The van der Waals surface area contributed by atoms with Gasteiger partial charge in [-0.05, 0) is 24.6 Å². The number of carbonyl (C=O) groups is 1. The van der Waals surface area contributed by atoms with Crippen LogP contribution in [0.4, 0.5) is 4.39 Å². The highest BCUT2D eigenvalue weighted by Crippen LogP contribution is 2.15. The minimum absolute atomic E-state index is 0.00824. The summed E-state index contributed by atoms with van der Waals surface area (Å²) < 4.78 is 12.7. The maximum atomic E-state index is 12.7. The Morgan fingerprint density at radius 3 is 2.69 bits per heavy atom. The molecule has 0 radical (unpaired) electrons. The van der Waals surface area contributed by atoms with E-state index in [4.69, 9.17) is 10.4 Å². The Kier molecular flexibility index (Phi) is 2.29. The van der Waals surface area contributed by atoms with E-state index in [0.717, 1.165) is 12.1 Å². The van der Waals surface area contributed by atoms with Gasteiger partial charge in [0.1, 0.15) is 11.9 Å². The van der Waals surface area contributed by atoms with Crippen molar-refractivity contribution in [3.05, 3.63) is 34.6 Å². The molecular weight excluding hydrogens is 173 g/mol. The van der Waals surface area contributed by atoms with Gasteiger partial charge in [0, 0.05) is 0 Å². The van der Waals surface area contributed by atoms with Crippen LogP contribution in [0.2, 0.25) is 0 Å². The largest absolute Gasteiger partial charge is 0.478 e. The monoisotopic (exact) mass is 179 g/mol. The van der Waals surface area contributed by atoms with E-state index in [-0.39, 0.29) is 11.1 Å². The highest BCUT2D eigenvalue weighted by Gasteiger charge is 2.13. The first-order chi connectivity index (χ1) is 6.06. The molecule has 1 aromatic rings. The Hall–Kier alpha value is -1.89. The van der Waals surface area contributed by atoms with Crippen LogP contribution in [-0.4, -0.2) is 11.1 Å². The molecule has 0 saturated carbocycles. The molecule has 0 unspecified atom stereocenters. The molecule has 1 N–H and O–H groups in total. The van der Waals surface area contributed by atoms with Crippen molar-refractivity contribution in [2.75, 3.05) is 0 Å². The average Bonchev–Trinajstić information content (AvgIpc) is 2.02. The lowest BCUT2D eigenvalue weighted by Gasteiger charge is -2.01. The van der Waals surface area contributed by atoms with Crippen LogP contribution in [0, 0.1) is 24.1 Å². The molecule has 1 aromatic carbocycles. The predicted octanol–water partition coefficient (Wildman–Crippen LogP) is 1.70. The molecule has 66 valence electrons. The van der Waals surface area contributed by atoms with Gasteiger partial charge in [0.05, 0.1) is 11.1 Å². The van der Waals surface area contributed by atoms with Crippen molar-refractivity contribution in [3.63, 3.8) is 0 Å². The van der Waals surface area contributed by atoms with E-state index < -0.39 is 11.8 Å². The van der Waals surface area contributed by atoms with Gasteiger partial charge in [0.15, 0.2) is 0 Å².